The molecule has 1 aliphatic heterocycles. The molecule has 1 aromatic carbocycles. The Labute approximate surface area is 132 Å². The third-order valence-corrected chi connectivity index (χ3v) is 3.08. The van der Waals surface area contributed by atoms with Crippen molar-refractivity contribution >= 4 is 30.0 Å². The zero-order valence-corrected chi connectivity index (χ0v) is 12.5. The zero-order chi connectivity index (χ0) is 15.5. The van der Waals surface area contributed by atoms with Gasteiger partial charge in [0.25, 0.3) is 0 Å². The summed E-state index contributed by atoms with van der Waals surface area (Å²) in [5, 5.41) is 0. The highest BCUT2D eigenvalue weighted by molar-refractivity contribution is 5.94. The molecule has 0 saturated carbocycles. The van der Waals surface area contributed by atoms with Gasteiger partial charge in [-0.3, -0.25) is 0 Å². The van der Waals surface area contributed by atoms with E-state index in [9.17, 15) is 13.2 Å². The van der Waals surface area contributed by atoms with Crippen molar-refractivity contribution in [1.29, 1.82) is 0 Å². The van der Waals surface area contributed by atoms with Crippen LogP contribution in [0.15, 0.2) is 34.3 Å². The fourth-order valence-corrected chi connectivity index (χ4v) is 2.04. The molecule has 0 bridgehead atoms. The maximum absolute atomic E-state index is 12.6. The number of hydrogen-bond donors (Lipinski definition) is 2. The number of nitrogens with two attached hydrogens (primary N) is 2. The van der Waals surface area contributed by atoms with Crippen molar-refractivity contribution in [3.8, 4) is 0 Å². The van der Waals surface area contributed by atoms with E-state index in [0.29, 0.717) is 0 Å². The predicted octanol–water partition coefficient (Wildman–Crippen LogP) is 2.48. The molecule has 22 heavy (non-hydrogen) atoms. The lowest BCUT2D eigenvalue weighted by Crippen LogP contribution is -2.36. The van der Waals surface area contributed by atoms with Crippen molar-refractivity contribution in [1.82, 2.24) is 4.90 Å². The number of benzene rings is 1. The molecule has 1 aromatic rings. The molecule has 122 valence electrons. The van der Waals surface area contributed by atoms with Crippen molar-refractivity contribution in [3.63, 3.8) is 0 Å². The van der Waals surface area contributed by atoms with Gasteiger partial charge in [0.2, 0.25) is 5.96 Å². The van der Waals surface area contributed by atoms with Crippen LogP contribution in [0.25, 0.3) is 0 Å². The number of aliphatic imine (C=N–C) groups is 2. The Morgan fingerprint density at radius 3 is 2.36 bits per heavy atom. The summed E-state index contributed by atoms with van der Waals surface area (Å²) < 4.78 is 37.8. The molecule has 0 aromatic heterocycles. The van der Waals surface area contributed by atoms with Crippen molar-refractivity contribution in [2.24, 2.45) is 21.5 Å². The quantitative estimate of drug-likeness (QED) is 0.611. The Bertz CT molecular complexity index is 565. The highest BCUT2D eigenvalue weighted by Gasteiger charge is 2.30. The Morgan fingerprint density at radius 2 is 1.77 bits per heavy atom. The van der Waals surface area contributed by atoms with Gasteiger partial charge in [-0.2, -0.15) is 18.2 Å². The molecule has 0 unspecified atom stereocenters. The van der Waals surface area contributed by atoms with Gasteiger partial charge in [0, 0.05) is 13.1 Å². The van der Waals surface area contributed by atoms with Crippen LogP contribution in [0.3, 0.4) is 0 Å². The number of hydrogen-bond acceptors (Lipinski definition) is 1. The lowest BCUT2D eigenvalue weighted by molar-refractivity contribution is -0.137. The molecule has 0 spiro atoms. The van der Waals surface area contributed by atoms with E-state index in [0.717, 1.165) is 38.1 Å². The van der Waals surface area contributed by atoms with E-state index in [1.807, 2.05) is 4.90 Å². The van der Waals surface area contributed by atoms with Gasteiger partial charge in [0.05, 0.1) is 11.3 Å². The van der Waals surface area contributed by atoms with Crippen LogP contribution in [-0.4, -0.2) is 29.9 Å². The van der Waals surface area contributed by atoms with Gasteiger partial charge in [-0.1, -0.05) is 6.07 Å². The van der Waals surface area contributed by atoms with Crippen LogP contribution in [0.2, 0.25) is 0 Å². The van der Waals surface area contributed by atoms with Gasteiger partial charge >= 0.3 is 6.18 Å². The highest BCUT2D eigenvalue weighted by atomic mass is 35.5. The van der Waals surface area contributed by atoms with Crippen LogP contribution in [-0.2, 0) is 6.18 Å². The van der Waals surface area contributed by atoms with Gasteiger partial charge in [0.15, 0.2) is 5.96 Å². The lowest BCUT2D eigenvalue weighted by Gasteiger charge is -2.15. The van der Waals surface area contributed by atoms with E-state index in [4.69, 9.17) is 11.5 Å². The van der Waals surface area contributed by atoms with Gasteiger partial charge in [0.1, 0.15) is 0 Å². The third kappa shape index (κ3) is 4.80. The molecule has 0 atom stereocenters. The van der Waals surface area contributed by atoms with Crippen molar-refractivity contribution in [2.75, 3.05) is 13.1 Å². The van der Waals surface area contributed by atoms with Gasteiger partial charge in [-0.25, -0.2) is 4.99 Å². The first-order valence-electron chi connectivity index (χ1n) is 6.47. The second-order valence-corrected chi connectivity index (χ2v) is 4.68. The molecular weight excluding hydrogens is 319 g/mol. The molecule has 5 nitrogen and oxygen atoms in total. The summed E-state index contributed by atoms with van der Waals surface area (Å²) in [5.41, 5.74) is 10.7. The minimum atomic E-state index is -4.42. The summed E-state index contributed by atoms with van der Waals surface area (Å²) in [6.45, 7) is 1.60. The first-order valence-corrected chi connectivity index (χ1v) is 6.47. The molecule has 1 saturated heterocycles. The van der Waals surface area contributed by atoms with Crippen molar-refractivity contribution < 1.29 is 13.2 Å². The largest absolute Gasteiger partial charge is 0.416 e. The number of rotatable bonds is 1. The van der Waals surface area contributed by atoms with Gasteiger partial charge in [-0.15, -0.1) is 12.4 Å². The number of alkyl halides is 3. The average molecular weight is 336 g/mol. The molecule has 4 N–H and O–H groups in total. The molecule has 2 rings (SSSR count). The van der Waals surface area contributed by atoms with Crippen molar-refractivity contribution in [3.05, 3.63) is 29.8 Å². The second kappa shape index (κ2) is 7.35. The summed E-state index contributed by atoms with van der Waals surface area (Å²) in [6.07, 6.45) is -2.36. The number of likely N-dealkylation sites (tertiary alicyclic amines) is 1. The van der Waals surface area contributed by atoms with E-state index >= 15 is 0 Å². The first-order chi connectivity index (χ1) is 9.86. The van der Waals surface area contributed by atoms with E-state index in [2.05, 4.69) is 9.98 Å². The first kappa shape index (κ1) is 18.1. The van der Waals surface area contributed by atoms with E-state index in [1.165, 1.54) is 12.1 Å². The summed E-state index contributed by atoms with van der Waals surface area (Å²) >= 11 is 0. The van der Waals surface area contributed by atoms with Crippen LogP contribution in [0.5, 0.6) is 0 Å². The van der Waals surface area contributed by atoms with E-state index in [-0.39, 0.29) is 30.0 Å². The minimum absolute atomic E-state index is 0. The summed E-state index contributed by atoms with van der Waals surface area (Å²) in [6, 6.07) is 4.57. The smallest absolute Gasteiger partial charge is 0.369 e. The van der Waals surface area contributed by atoms with Crippen LogP contribution < -0.4 is 11.5 Å². The van der Waals surface area contributed by atoms with Crippen LogP contribution in [0.1, 0.15) is 18.4 Å². The van der Waals surface area contributed by atoms with Gasteiger partial charge in [-0.05, 0) is 31.0 Å². The Balaban J connectivity index is 0.00000242. The number of halogens is 4. The Kier molecular flexibility index (Phi) is 6.04. The zero-order valence-electron chi connectivity index (χ0n) is 11.7. The SMILES string of the molecule is Cl.NC(=Nc1cccc(C(F)(F)F)c1)N=C(N)N1CCCC1. The third-order valence-electron chi connectivity index (χ3n) is 3.08. The number of nitrogens with zero attached hydrogens (tertiary/aromatic N) is 3. The highest BCUT2D eigenvalue weighted by Crippen LogP contribution is 2.31. The number of guanidine groups is 2. The fourth-order valence-electron chi connectivity index (χ4n) is 2.04. The maximum Gasteiger partial charge on any atom is 0.416 e. The van der Waals surface area contributed by atoms with E-state index < -0.39 is 11.7 Å². The molecule has 1 fully saturated rings. The summed E-state index contributed by atoms with van der Waals surface area (Å²) in [7, 11) is 0. The molecule has 0 radical (unpaired) electrons. The van der Waals surface area contributed by atoms with Crippen LogP contribution in [0.4, 0.5) is 18.9 Å². The van der Waals surface area contributed by atoms with Gasteiger partial charge < -0.3 is 16.4 Å². The normalized spacial score (nSPS) is 16.6. The van der Waals surface area contributed by atoms with Crippen molar-refractivity contribution in [2.45, 2.75) is 19.0 Å². The fraction of sp³-hybridized carbons (Fsp3) is 0.385. The van der Waals surface area contributed by atoms with E-state index in [1.54, 1.807) is 0 Å². The lowest BCUT2D eigenvalue weighted by atomic mass is 10.2. The van der Waals surface area contributed by atoms with Crippen LogP contribution in [0, 0.1) is 0 Å². The predicted molar refractivity (Wildman–Crippen MR) is 82.4 cm³/mol. The second-order valence-electron chi connectivity index (χ2n) is 4.68. The molecule has 9 heteroatoms. The summed E-state index contributed by atoms with van der Waals surface area (Å²) in [4.78, 5) is 9.61. The monoisotopic (exact) mass is 335 g/mol. The summed E-state index contributed by atoms with van der Waals surface area (Å²) in [5.74, 6) is 0.0689. The van der Waals surface area contributed by atoms with Crippen LogP contribution >= 0.6 is 12.4 Å². The Morgan fingerprint density at radius 1 is 1.14 bits per heavy atom. The molecule has 0 aliphatic carbocycles. The standard InChI is InChI=1S/C13H16F3N5.ClH/c14-13(15,16)9-4-3-5-10(8-9)19-11(17)20-12(18)21-6-1-2-7-21;/h3-5,8H,1-2,6-7H2,(H4,17,18,19,20);1H. The topological polar surface area (TPSA) is 80.0 Å². The molecule has 1 heterocycles. The minimum Gasteiger partial charge on any atom is -0.369 e. The Hall–Kier alpha value is -1.96. The maximum atomic E-state index is 12.6. The average Bonchev–Trinajstić information content (AvgIpc) is 2.91. The molecule has 0 amide bonds. The molecule has 1 aliphatic rings. The molecular formula is C13H17ClF3N5.